The Morgan fingerprint density at radius 2 is 1.94 bits per heavy atom. The summed E-state index contributed by atoms with van der Waals surface area (Å²) in [5.74, 6) is -0.247. The Morgan fingerprint density at radius 3 is 2.39 bits per heavy atom. The molecule has 0 N–H and O–H groups in total. The third kappa shape index (κ3) is 4.64. The highest BCUT2D eigenvalue weighted by atomic mass is 32.2. The third-order valence-corrected chi connectivity index (χ3v) is 2.80. The lowest BCUT2D eigenvalue weighted by Crippen LogP contribution is -2.03. The highest BCUT2D eigenvalue weighted by Crippen LogP contribution is 2.41. The third-order valence-electron chi connectivity index (χ3n) is 1.99. The molecule has 0 atom stereocenters. The van der Waals surface area contributed by atoms with E-state index in [0.717, 1.165) is 12.1 Å². The summed E-state index contributed by atoms with van der Waals surface area (Å²) in [5.41, 5.74) is -5.03. The van der Waals surface area contributed by atoms with Gasteiger partial charge in [-0.3, -0.25) is 4.79 Å². The van der Waals surface area contributed by atoms with E-state index in [-0.39, 0.29) is 12.2 Å². The van der Waals surface area contributed by atoms with E-state index in [1.54, 1.807) is 0 Å². The van der Waals surface area contributed by atoms with Gasteiger partial charge in [-0.25, -0.2) is 8.78 Å². The van der Waals surface area contributed by atoms with E-state index < -0.39 is 34.2 Å². The number of rotatable bonds is 4. The van der Waals surface area contributed by atoms with E-state index in [1.807, 2.05) is 0 Å². The number of carbonyl (C=O) groups excluding carboxylic acids is 1. The Bertz CT molecular complexity index is 442. The van der Waals surface area contributed by atoms with Crippen molar-refractivity contribution in [3.05, 3.63) is 29.3 Å². The summed E-state index contributed by atoms with van der Waals surface area (Å²) < 4.78 is 61.8. The molecule has 0 saturated carbocycles. The highest BCUT2D eigenvalue weighted by Gasteiger charge is 2.31. The number of Topliss-reactive ketones (excluding diaryl/α,β-unsaturated/α-hetero) is 1. The molecule has 1 aromatic carbocycles. The molecule has 0 bridgehead atoms. The quantitative estimate of drug-likeness (QED) is 0.603. The molecule has 0 heterocycles. The fourth-order valence-electron chi connectivity index (χ4n) is 1.37. The normalized spacial score (nSPS) is 11.9. The summed E-state index contributed by atoms with van der Waals surface area (Å²) in [4.78, 5) is 10.3. The number of halogens is 5. The van der Waals surface area contributed by atoms with Crippen LogP contribution in [0.3, 0.4) is 0 Å². The van der Waals surface area contributed by atoms with Crippen LogP contribution in [0.1, 0.15) is 24.5 Å². The van der Waals surface area contributed by atoms with Gasteiger partial charge < -0.3 is 0 Å². The van der Waals surface area contributed by atoms with Crippen LogP contribution in [0.5, 0.6) is 0 Å². The maximum Gasteiger partial charge on any atom is 0.446 e. The van der Waals surface area contributed by atoms with Crippen LogP contribution in [0.4, 0.5) is 22.0 Å². The predicted octanol–water partition coefficient (Wildman–Crippen LogP) is 4.37. The summed E-state index contributed by atoms with van der Waals surface area (Å²) in [6.07, 6.45) is -3.06. The second-order valence-electron chi connectivity index (χ2n) is 3.60. The lowest BCUT2D eigenvalue weighted by molar-refractivity contribution is -0.116. The molecule has 0 aliphatic heterocycles. The minimum absolute atomic E-state index is 0.0745. The van der Waals surface area contributed by atoms with E-state index in [2.05, 4.69) is 0 Å². The van der Waals surface area contributed by atoms with Crippen LogP contribution in [0.15, 0.2) is 23.1 Å². The minimum atomic E-state index is -4.64. The zero-order chi connectivity index (χ0) is 13.9. The van der Waals surface area contributed by atoms with Crippen molar-refractivity contribution in [3.63, 3.8) is 0 Å². The van der Waals surface area contributed by atoms with Gasteiger partial charge in [0.25, 0.3) is 6.43 Å². The molecular formula is C11H9F5OS. The lowest BCUT2D eigenvalue weighted by Gasteiger charge is -2.12. The number of thioether (sulfide) groups is 1. The van der Waals surface area contributed by atoms with Gasteiger partial charge in [-0.05, 0) is 30.3 Å². The SMILES string of the molecule is CC(=O)Cc1ccc(C(F)F)c(SC(F)(F)F)c1. The summed E-state index contributed by atoms with van der Waals surface area (Å²) in [6.45, 7) is 1.28. The maximum absolute atomic E-state index is 12.5. The Balaban J connectivity index is 3.11. The second kappa shape index (κ2) is 5.69. The van der Waals surface area contributed by atoms with E-state index in [1.165, 1.54) is 13.0 Å². The van der Waals surface area contributed by atoms with Gasteiger partial charge in [0.1, 0.15) is 5.78 Å². The topological polar surface area (TPSA) is 17.1 Å². The Hall–Kier alpha value is -1.11. The van der Waals surface area contributed by atoms with Crippen molar-refractivity contribution in [2.45, 2.75) is 30.2 Å². The van der Waals surface area contributed by atoms with Gasteiger partial charge in [-0.1, -0.05) is 12.1 Å². The van der Waals surface area contributed by atoms with Crippen LogP contribution in [-0.4, -0.2) is 11.3 Å². The van der Waals surface area contributed by atoms with E-state index in [9.17, 15) is 26.7 Å². The van der Waals surface area contributed by atoms with Gasteiger partial charge in [-0.2, -0.15) is 13.2 Å². The number of alkyl halides is 5. The molecule has 1 nitrogen and oxygen atoms in total. The predicted molar refractivity (Wildman–Crippen MR) is 57.7 cm³/mol. The van der Waals surface area contributed by atoms with Crippen molar-refractivity contribution < 1.29 is 26.7 Å². The number of hydrogen-bond acceptors (Lipinski definition) is 2. The number of benzene rings is 1. The second-order valence-corrected chi connectivity index (χ2v) is 4.71. The number of carbonyl (C=O) groups is 1. The van der Waals surface area contributed by atoms with E-state index >= 15 is 0 Å². The molecule has 7 heteroatoms. The first-order chi connectivity index (χ1) is 8.19. The molecule has 0 fully saturated rings. The number of ketones is 1. The smallest absolute Gasteiger partial charge is 0.300 e. The minimum Gasteiger partial charge on any atom is -0.300 e. The van der Waals surface area contributed by atoms with Crippen LogP contribution in [0.25, 0.3) is 0 Å². The van der Waals surface area contributed by atoms with Gasteiger partial charge in [0, 0.05) is 16.9 Å². The molecule has 0 saturated heterocycles. The molecule has 0 aromatic heterocycles. The first-order valence-electron chi connectivity index (χ1n) is 4.85. The fourth-order valence-corrected chi connectivity index (χ4v) is 2.10. The standard InChI is InChI=1S/C11H9F5OS/c1-6(17)4-7-2-3-8(10(12)13)9(5-7)18-11(14,15)16/h2-3,5,10H,4H2,1H3. The Morgan fingerprint density at radius 1 is 1.33 bits per heavy atom. The Labute approximate surface area is 104 Å². The van der Waals surface area contributed by atoms with Crippen LogP contribution >= 0.6 is 11.8 Å². The molecular weight excluding hydrogens is 275 g/mol. The van der Waals surface area contributed by atoms with Crippen molar-refractivity contribution in [1.82, 2.24) is 0 Å². The van der Waals surface area contributed by atoms with Gasteiger partial charge >= 0.3 is 5.51 Å². The van der Waals surface area contributed by atoms with Crippen LogP contribution in [0, 0.1) is 0 Å². The molecule has 1 rings (SSSR count). The maximum atomic E-state index is 12.5. The first kappa shape index (κ1) is 14.9. The summed E-state index contributed by atoms with van der Waals surface area (Å²) in [7, 11) is 0. The number of hydrogen-bond donors (Lipinski definition) is 0. The van der Waals surface area contributed by atoms with Crippen molar-refractivity contribution in [2.24, 2.45) is 0 Å². The molecule has 0 radical (unpaired) electrons. The van der Waals surface area contributed by atoms with Crippen LogP contribution < -0.4 is 0 Å². The van der Waals surface area contributed by atoms with Gasteiger partial charge in [0.15, 0.2) is 0 Å². The zero-order valence-corrected chi connectivity index (χ0v) is 10.0. The molecule has 0 unspecified atom stereocenters. The van der Waals surface area contributed by atoms with E-state index in [0.29, 0.717) is 5.56 Å². The van der Waals surface area contributed by atoms with Crippen molar-refractivity contribution in [1.29, 1.82) is 0 Å². The first-order valence-corrected chi connectivity index (χ1v) is 5.67. The van der Waals surface area contributed by atoms with Gasteiger partial charge in [0.05, 0.1) is 0 Å². The zero-order valence-electron chi connectivity index (χ0n) is 9.22. The van der Waals surface area contributed by atoms with Crippen LogP contribution in [-0.2, 0) is 11.2 Å². The molecule has 0 amide bonds. The Kier molecular flexibility index (Phi) is 4.72. The lowest BCUT2D eigenvalue weighted by atomic mass is 10.1. The largest absolute Gasteiger partial charge is 0.446 e. The summed E-state index contributed by atoms with van der Waals surface area (Å²) in [6, 6.07) is 3.15. The average molecular weight is 284 g/mol. The summed E-state index contributed by atoms with van der Waals surface area (Å²) >= 11 is -0.594. The monoisotopic (exact) mass is 284 g/mol. The molecule has 0 aliphatic rings. The fraction of sp³-hybridized carbons (Fsp3) is 0.364. The van der Waals surface area contributed by atoms with Crippen molar-refractivity contribution >= 4 is 17.5 Å². The highest BCUT2D eigenvalue weighted by molar-refractivity contribution is 8.00. The summed E-state index contributed by atoms with van der Waals surface area (Å²) in [5, 5.41) is 0. The van der Waals surface area contributed by atoms with Crippen molar-refractivity contribution in [3.8, 4) is 0 Å². The molecule has 18 heavy (non-hydrogen) atoms. The van der Waals surface area contributed by atoms with E-state index in [4.69, 9.17) is 0 Å². The molecule has 0 aliphatic carbocycles. The van der Waals surface area contributed by atoms with Gasteiger partial charge in [-0.15, -0.1) is 0 Å². The molecule has 0 spiro atoms. The average Bonchev–Trinajstić information content (AvgIpc) is 2.13. The molecule has 100 valence electrons. The van der Waals surface area contributed by atoms with Gasteiger partial charge in [0.2, 0.25) is 0 Å². The van der Waals surface area contributed by atoms with Crippen molar-refractivity contribution in [2.75, 3.05) is 0 Å². The molecule has 1 aromatic rings. The van der Waals surface area contributed by atoms with Crippen LogP contribution in [0.2, 0.25) is 0 Å².